The standard InChI is InChI=1S/C27H21F3N4O3/c28-27(29,30)21-6-2-1-5-20(21)23-14-22(32-33-23)18-12-17-13-19(8-9-24(17)36-15-18)37-34-25(35)10-7-16-4-3-11-31-26(16)34/h1-6,8-9,11,13-14,18H,7,10,12,15H2,(H,32,33). The smallest absolute Gasteiger partial charge is 0.417 e. The number of hydrogen-bond donors (Lipinski definition) is 1. The highest BCUT2D eigenvalue weighted by molar-refractivity contribution is 5.93. The molecule has 2 aromatic heterocycles. The van der Waals surface area contributed by atoms with Gasteiger partial charge in [0.15, 0.2) is 11.6 Å². The number of ether oxygens (including phenoxy) is 1. The van der Waals surface area contributed by atoms with E-state index in [0.717, 1.165) is 17.2 Å². The van der Waals surface area contributed by atoms with Gasteiger partial charge in [0.25, 0.3) is 5.91 Å². The van der Waals surface area contributed by atoms with Crippen LogP contribution in [0.5, 0.6) is 11.5 Å². The Hall–Kier alpha value is -4.34. The van der Waals surface area contributed by atoms with Crippen LogP contribution in [0.25, 0.3) is 11.3 Å². The van der Waals surface area contributed by atoms with E-state index in [1.807, 2.05) is 18.2 Å². The van der Waals surface area contributed by atoms with Crippen LogP contribution in [0.4, 0.5) is 19.0 Å². The molecular weight excluding hydrogens is 485 g/mol. The van der Waals surface area contributed by atoms with Crippen molar-refractivity contribution >= 4 is 11.7 Å². The lowest BCUT2D eigenvalue weighted by atomic mass is 9.93. The Morgan fingerprint density at radius 1 is 1.03 bits per heavy atom. The number of anilines is 1. The molecule has 10 heteroatoms. The third-order valence-electron chi connectivity index (χ3n) is 6.58. The highest BCUT2D eigenvalue weighted by Crippen LogP contribution is 2.39. The predicted octanol–water partition coefficient (Wildman–Crippen LogP) is 5.48. The van der Waals surface area contributed by atoms with Crippen LogP contribution < -0.4 is 14.6 Å². The Morgan fingerprint density at radius 2 is 1.89 bits per heavy atom. The topological polar surface area (TPSA) is 80.3 Å². The number of carbonyl (C=O) groups is 1. The van der Waals surface area contributed by atoms with Crippen molar-refractivity contribution < 1.29 is 27.5 Å². The van der Waals surface area contributed by atoms with Gasteiger partial charge in [-0.3, -0.25) is 9.89 Å². The average Bonchev–Trinajstić information content (AvgIpc) is 3.40. The van der Waals surface area contributed by atoms with Crippen LogP contribution in [0, 0.1) is 0 Å². The van der Waals surface area contributed by atoms with Crippen LogP contribution in [0.3, 0.4) is 0 Å². The van der Waals surface area contributed by atoms with Gasteiger partial charge in [0.1, 0.15) is 5.75 Å². The minimum atomic E-state index is -4.48. The summed E-state index contributed by atoms with van der Waals surface area (Å²) < 4.78 is 46.4. The third-order valence-corrected chi connectivity index (χ3v) is 6.58. The highest BCUT2D eigenvalue weighted by Gasteiger charge is 2.34. The molecular formula is C27H21F3N4O3. The van der Waals surface area contributed by atoms with Crippen molar-refractivity contribution in [2.75, 3.05) is 11.7 Å². The zero-order valence-corrected chi connectivity index (χ0v) is 19.5. The number of aromatic amines is 1. The van der Waals surface area contributed by atoms with Gasteiger partial charge >= 0.3 is 6.18 Å². The zero-order valence-electron chi connectivity index (χ0n) is 19.5. The number of hydrogen-bond acceptors (Lipinski definition) is 5. The van der Waals surface area contributed by atoms with E-state index in [9.17, 15) is 18.0 Å². The van der Waals surface area contributed by atoms with Gasteiger partial charge < -0.3 is 9.57 Å². The number of amides is 1. The van der Waals surface area contributed by atoms with Gasteiger partial charge in [-0.1, -0.05) is 24.3 Å². The Kier molecular flexibility index (Phi) is 5.58. The quantitative estimate of drug-likeness (QED) is 0.396. The monoisotopic (exact) mass is 506 g/mol. The number of rotatable bonds is 4. The minimum absolute atomic E-state index is 0.0189. The first-order valence-electron chi connectivity index (χ1n) is 11.8. The van der Waals surface area contributed by atoms with E-state index in [-0.39, 0.29) is 23.1 Å². The molecule has 188 valence electrons. The number of aromatic nitrogens is 3. The van der Waals surface area contributed by atoms with Gasteiger partial charge in [0, 0.05) is 29.8 Å². The van der Waals surface area contributed by atoms with Crippen molar-refractivity contribution in [2.45, 2.75) is 31.4 Å². The minimum Gasteiger partial charge on any atom is -0.493 e. The number of aryl methyl sites for hydroxylation is 1. The Labute approximate surface area is 209 Å². The number of carbonyl (C=O) groups excluding carboxylic acids is 1. The summed E-state index contributed by atoms with van der Waals surface area (Å²) in [6.45, 7) is 0.345. The number of pyridine rings is 1. The maximum absolute atomic E-state index is 13.5. The van der Waals surface area contributed by atoms with E-state index in [1.54, 1.807) is 30.5 Å². The summed E-state index contributed by atoms with van der Waals surface area (Å²) in [6.07, 6.45) is -1.37. The first-order valence-corrected chi connectivity index (χ1v) is 11.8. The fourth-order valence-corrected chi connectivity index (χ4v) is 4.73. The number of nitrogens with zero attached hydrogens (tertiary/aromatic N) is 3. The molecule has 4 aromatic rings. The molecule has 0 saturated heterocycles. The summed E-state index contributed by atoms with van der Waals surface area (Å²) in [5.74, 6) is 1.30. The highest BCUT2D eigenvalue weighted by atomic mass is 19.4. The molecule has 7 nitrogen and oxygen atoms in total. The molecule has 6 rings (SSSR count). The number of nitrogens with one attached hydrogen (secondary N) is 1. The largest absolute Gasteiger partial charge is 0.493 e. The second-order valence-corrected chi connectivity index (χ2v) is 9.00. The molecule has 2 aliphatic heterocycles. The van der Waals surface area contributed by atoms with Crippen LogP contribution in [-0.4, -0.2) is 27.7 Å². The normalized spacial score (nSPS) is 17.1. The number of benzene rings is 2. The summed E-state index contributed by atoms with van der Waals surface area (Å²) >= 11 is 0. The Morgan fingerprint density at radius 3 is 2.76 bits per heavy atom. The van der Waals surface area contributed by atoms with Gasteiger partial charge in [-0.05, 0) is 60.4 Å². The lowest BCUT2D eigenvalue weighted by molar-refractivity contribution is -0.137. The van der Waals surface area contributed by atoms with Crippen LogP contribution in [0.15, 0.2) is 66.9 Å². The number of halogens is 3. The average molecular weight is 506 g/mol. The number of H-pyrrole nitrogens is 1. The fraction of sp³-hybridized carbons (Fsp3) is 0.222. The van der Waals surface area contributed by atoms with Crippen molar-refractivity contribution in [3.8, 4) is 22.8 Å². The van der Waals surface area contributed by atoms with E-state index in [2.05, 4.69) is 15.2 Å². The van der Waals surface area contributed by atoms with E-state index < -0.39 is 11.7 Å². The van der Waals surface area contributed by atoms with Crippen LogP contribution in [0.1, 0.15) is 34.7 Å². The molecule has 0 aliphatic carbocycles. The van der Waals surface area contributed by atoms with E-state index in [4.69, 9.17) is 9.57 Å². The van der Waals surface area contributed by atoms with Crippen molar-refractivity contribution in [2.24, 2.45) is 0 Å². The molecule has 0 spiro atoms. The van der Waals surface area contributed by atoms with Crippen LogP contribution in [-0.2, 0) is 23.8 Å². The van der Waals surface area contributed by atoms with Crippen molar-refractivity contribution in [1.82, 2.24) is 15.2 Å². The van der Waals surface area contributed by atoms with Crippen LogP contribution >= 0.6 is 0 Å². The van der Waals surface area contributed by atoms with Crippen molar-refractivity contribution in [1.29, 1.82) is 0 Å². The van der Waals surface area contributed by atoms with Gasteiger partial charge in [0.2, 0.25) is 0 Å². The molecule has 37 heavy (non-hydrogen) atoms. The van der Waals surface area contributed by atoms with E-state index in [1.165, 1.54) is 17.2 Å². The maximum atomic E-state index is 13.5. The van der Waals surface area contributed by atoms with Gasteiger partial charge in [0.05, 0.1) is 17.9 Å². The van der Waals surface area contributed by atoms with E-state index in [0.29, 0.717) is 48.9 Å². The molecule has 0 radical (unpaired) electrons. The zero-order chi connectivity index (χ0) is 25.6. The lowest BCUT2D eigenvalue weighted by Crippen LogP contribution is -2.38. The molecule has 2 aliphatic rings. The van der Waals surface area contributed by atoms with Crippen LogP contribution in [0.2, 0.25) is 0 Å². The molecule has 4 heterocycles. The maximum Gasteiger partial charge on any atom is 0.417 e. The third kappa shape index (κ3) is 4.39. The first-order chi connectivity index (χ1) is 17.9. The van der Waals surface area contributed by atoms with Gasteiger partial charge in [-0.25, -0.2) is 4.98 Å². The molecule has 2 aromatic carbocycles. The van der Waals surface area contributed by atoms with Crippen molar-refractivity contribution in [3.63, 3.8) is 0 Å². The molecule has 0 saturated carbocycles. The second-order valence-electron chi connectivity index (χ2n) is 9.00. The van der Waals surface area contributed by atoms with Gasteiger partial charge in [-0.2, -0.15) is 18.3 Å². The lowest BCUT2D eigenvalue weighted by Gasteiger charge is -2.28. The van der Waals surface area contributed by atoms with Gasteiger partial charge in [-0.15, -0.1) is 5.06 Å². The first kappa shape index (κ1) is 23.1. The fourth-order valence-electron chi connectivity index (χ4n) is 4.73. The molecule has 0 bridgehead atoms. The predicted molar refractivity (Wildman–Crippen MR) is 128 cm³/mol. The Bertz CT molecular complexity index is 1480. The molecule has 1 amide bonds. The molecule has 0 fully saturated rings. The summed E-state index contributed by atoms with van der Waals surface area (Å²) in [4.78, 5) is 22.8. The summed E-state index contributed by atoms with van der Waals surface area (Å²) in [5, 5.41) is 8.27. The molecule has 1 N–H and O–H groups in total. The SMILES string of the molecule is O=C1CCc2cccnc2N1Oc1ccc2c(c1)CC(c1cc(-c3ccccc3C(F)(F)F)n[nH]1)CO2. The van der Waals surface area contributed by atoms with E-state index >= 15 is 0 Å². The number of alkyl halides is 3. The number of hydroxylamine groups is 1. The summed E-state index contributed by atoms with van der Waals surface area (Å²) in [7, 11) is 0. The van der Waals surface area contributed by atoms with Crippen molar-refractivity contribution in [3.05, 3.63) is 89.2 Å². The second kappa shape index (κ2) is 8.95. The summed E-state index contributed by atoms with van der Waals surface area (Å²) in [5.41, 5.74) is 1.97. The molecule has 1 atom stereocenters. The number of fused-ring (bicyclic) bond motifs is 2. The summed E-state index contributed by atoms with van der Waals surface area (Å²) in [6, 6.07) is 16.1. The molecule has 1 unspecified atom stereocenters. The Balaban J connectivity index is 1.23.